The molecule has 0 aliphatic carbocycles. The summed E-state index contributed by atoms with van der Waals surface area (Å²) in [6, 6.07) is 5.95. The number of nitrogens with two attached hydrogens (primary N) is 1. The Hall–Kier alpha value is -1.55. The predicted molar refractivity (Wildman–Crippen MR) is 74.6 cm³/mol. The van der Waals surface area contributed by atoms with E-state index in [1.807, 2.05) is 30.6 Å². The topological polar surface area (TPSA) is 50.9 Å². The number of thiazole rings is 1. The molecule has 0 saturated carbocycles. The maximum atomic E-state index is 5.87. The summed E-state index contributed by atoms with van der Waals surface area (Å²) in [5.74, 6) is 0.413. The number of nitrogens with zero attached hydrogens (tertiary/aromatic N) is 1. The molecule has 0 radical (unpaired) electrons. The summed E-state index contributed by atoms with van der Waals surface area (Å²) >= 11 is 1.70. The van der Waals surface area contributed by atoms with Gasteiger partial charge in [0.1, 0.15) is 0 Å². The highest BCUT2D eigenvalue weighted by Crippen LogP contribution is 2.23. The van der Waals surface area contributed by atoms with Crippen molar-refractivity contribution >= 4 is 22.7 Å². The zero-order valence-electron chi connectivity index (χ0n) is 10.1. The van der Waals surface area contributed by atoms with Crippen LogP contribution in [-0.4, -0.2) is 11.5 Å². The van der Waals surface area contributed by atoms with Gasteiger partial charge in [-0.25, -0.2) is 4.98 Å². The van der Waals surface area contributed by atoms with E-state index in [1.54, 1.807) is 11.3 Å². The van der Waals surface area contributed by atoms with Crippen molar-refractivity contribution in [1.82, 2.24) is 4.98 Å². The van der Waals surface area contributed by atoms with Crippen LogP contribution in [0.3, 0.4) is 0 Å². The molecule has 1 atom stereocenters. The van der Waals surface area contributed by atoms with E-state index in [0.29, 0.717) is 5.92 Å². The van der Waals surface area contributed by atoms with E-state index in [9.17, 15) is 0 Å². The van der Waals surface area contributed by atoms with Crippen LogP contribution in [0, 0.1) is 6.92 Å². The minimum absolute atomic E-state index is 0.413. The minimum Gasteiger partial charge on any atom is -0.398 e. The number of aromatic nitrogens is 1. The van der Waals surface area contributed by atoms with E-state index in [1.165, 1.54) is 5.01 Å². The first-order chi connectivity index (χ1) is 8.18. The van der Waals surface area contributed by atoms with Gasteiger partial charge in [-0.1, -0.05) is 13.0 Å². The zero-order valence-corrected chi connectivity index (χ0v) is 10.9. The third-order valence-electron chi connectivity index (χ3n) is 2.85. The van der Waals surface area contributed by atoms with Crippen LogP contribution in [0.25, 0.3) is 0 Å². The molecule has 1 unspecified atom stereocenters. The van der Waals surface area contributed by atoms with Crippen molar-refractivity contribution in [2.45, 2.75) is 19.8 Å². The number of nitrogen functional groups attached to an aromatic ring is 1. The molecule has 0 bridgehead atoms. The molecule has 2 aromatic rings. The van der Waals surface area contributed by atoms with Gasteiger partial charge < -0.3 is 11.1 Å². The van der Waals surface area contributed by atoms with Crippen molar-refractivity contribution in [3.63, 3.8) is 0 Å². The Morgan fingerprint density at radius 2 is 2.29 bits per heavy atom. The molecule has 0 aliphatic heterocycles. The first-order valence-electron chi connectivity index (χ1n) is 5.67. The fraction of sp³-hybridized carbons (Fsp3) is 0.308. The average Bonchev–Trinajstić information content (AvgIpc) is 2.84. The number of rotatable bonds is 4. The van der Waals surface area contributed by atoms with Crippen LogP contribution in [0.2, 0.25) is 0 Å². The normalized spacial score (nSPS) is 12.4. The van der Waals surface area contributed by atoms with Crippen molar-refractivity contribution in [3.05, 3.63) is 40.3 Å². The molecule has 1 heterocycles. The van der Waals surface area contributed by atoms with Crippen LogP contribution < -0.4 is 11.1 Å². The third-order valence-corrected chi connectivity index (χ3v) is 3.85. The van der Waals surface area contributed by atoms with Crippen LogP contribution >= 0.6 is 11.3 Å². The molecule has 0 spiro atoms. The molecule has 1 aromatic heterocycles. The van der Waals surface area contributed by atoms with Crippen LogP contribution in [0.15, 0.2) is 29.8 Å². The lowest BCUT2D eigenvalue weighted by atomic mass is 10.1. The van der Waals surface area contributed by atoms with Crippen LogP contribution in [0.4, 0.5) is 11.4 Å². The van der Waals surface area contributed by atoms with E-state index < -0.39 is 0 Å². The van der Waals surface area contributed by atoms with Gasteiger partial charge in [0.15, 0.2) is 0 Å². The number of hydrogen-bond acceptors (Lipinski definition) is 4. The SMILES string of the molecule is Cc1c(N)cccc1NCC(C)c1nccs1. The maximum absolute atomic E-state index is 5.87. The van der Waals surface area contributed by atoms with Crippen molar-refractivity contribution in [2.24, 2.45) is 0 Å². The number of anilines is 2. The smallest absolute Gasteiger partial charge is 0.0970 e. The van der Waals surface area contributed by atoms with Crippen LogP contribution in [0.1, 0.15) is 23.4 Å². The number of benzene rings is 1. The van der Waals surface area contributed by atoms with Gasteiger partial charge in [0, 0.05) is 35.4 Å². The summed E-state index contributed by atoms with van der Waals surface area (Å²) < 4.78 is 0. The van der Waals surface area contributed by atoms with Gasteiger partial charge in [-0.3, -0.25) is 0 Å². The van der Waals surface area contributed by atoms with Gasteiger partial charge in [-0.2, -0.15) is 0 Å². The molecular weight excluding hydrogens is 230 g/mol. The molecule has 0 fully saturated rings. The second-order valence-corrected chi connectivity index (χ2v) is 5.10. The Morgan fingerprint density at radius 3 is 3.00 bits per heavy atom. The molecule has 3 N–H and O–H groups in total. The van der Waals surface area contributed by atoms with Crippen molar-refractivity contribution in [1.29, 1.82) is 0 Å². The summed E-state index contributed by atoms with van der Waals surface area (Å²) in [6.45, 7) is 5.08. The van der Waals surface area contributed by atoms with E-state index in [-0.39, 0.29) is 0 Å². The molecule has 3 nitrogen and oxygen atoms in total. The molecule has 0 aliphatic rings. The van der Waals surface area contributed by atoms with E-state index in [2.05, 4.69) is 23.3 Å². The lowest BCUT2D eigenvalue weighted by Crippen LogP contribution is -2.10. The second kappa shape index (κ2) is 5.19. The van der Waals surface area contributed by atoms with Gasteiger partial charge in [0.2, 0.25) is 0 Å². The summed E-state index contributed by atoms with van der Waals surface area (Å²) in [6.07, 6.45) is 1.85. The monoisotopic (exact) mass is 247 g/mol. The lowest BCUT2D eigenvalue weighted by molar-refractivity contribution is 0.794. The summed E-state index contributed by atoms with van der Waals surface area (Å²) in [5, 5.41) is 6.61. The van der Waals surface area contributed by atoms with E-state index >= 15 is 0 Å². The molecule has 4 heteroatoms. The van der Waals surface area contributed by atoms with Crippen molar-refractivity contribution < 1.29 is 0 Å². The highest BCUT2D eigenvalue weighted by atomic mass is 32.1. The molecular formula is C13H17N3S. The maximum Gasteiger partial charge on any atom is 0.0970 e. The van der Waals surface area contributed by atoms with Crippen molar-refractivity contribution in [3.8, 4) is 0 Å². The van der Waals surface area contributed by atoms with Gasteiger partial charge >= 0.3 is 0 Å². The largest absolute Gasteiger partial charge is 0.398 e. The Bertz CT molecular complexity index is 479. The minimum atomic E-state index is 0.413. The Balaban J connectivity index is 2.00. The third kappa shape index (κ3) is 2.77. The van der Waals surface area contributed by atoms with Gasteiger partial charge in [-0.05, 0) is 24.6 Å². The molecule has 17 heavy (non-hydrogen) atoms. The van der Waals surface area contributed by atoms with Crippen molar-refractivity contribution in [2.75, 3.05) is 17.6 Å². The molecule has 0 saturated heterocycles. The summed E-state index contributed by atoms with van der Waals surface area (Å²) in [5.41, 5.74) is 8.92. The molecule has 90 valence electrons. The van der Waals surface area contributed by atoms with E-state index in [0.717, 1.165) is 23.5 Å². The van der Waals surface area contributed by atoms with Crippen LogP contribution in [0.5, 0.6) is 0 Å². The predicted octanol–water partition coefficient (Wildman–Crippen LogP) is 3.25. The highest BCUT2D eigenvalue weighted by molar-refractivity contribution is 7.09. The quantitative estimate of drug-likeness (QED) is 0.815. The Kier molecular flexibility index (Phi) is 3.64. The molecule has 2 rings (SSSR count). The number of nitrogens with one attached hydrogen (secondary N) is 1. The van der Waals surface area contributed by atoms with Gasteiger partial charge in [0.05, 0.1) is 5.01 Å². The first-order valence-corrected chi connectivity index (χ1v) is 6.55. The van der Waals surface area contributed by atoms with Gasteiger partial charge in [0.25, 0.3) is 0 Å². The average molecular weight is 247 g/mol. The van der Waals surface area contributed by atoms with E-state index in [4.69, 9.17) is 5.73 Å². The lowest BCUT2D eigenvalue weighted by Gasteiger charge is -2.14. The fourth-order valence-corrected chi connectivity index (χ4v) is 2.37. The fourth-order valence-electron chi connectivity index (χ4n) is 1.67. The second-order valence-electron chi connectivity index (χ2n) is 4.17. The summed E-state index contributed by atoms with van der Waals surface area (Å²) in [4.78, 5) is 4.32. The molecule has 1 aromatic carbocycles. The first kappa shape index (κ1) is 11.9. The zero-order chi connectivity index (χ0) is 12.3. The Morgan fingerprint density at radius 1 is 1.47 bits per heavy atom. The van der Waals surface area contributed by atoms with Gasteiger partial charge in [-0.15, -0.1) is 11.3 Å². The standard InChI is InChI=1S/C13H17N3S/c1-9(13-15-6-7-17-13)8-16-12-5-3-4-11(14)10(12)2/h3-7,9,16H,8,14H2,1-2H3. The molecule has 0 amide bonds. The summed E-state index contributed by atoms with van der Waals surface area (Å²) in [7, 11) is 0. The Labute approximate surface area is 106 Å². The van der Waals surface area contributed by atoms with Crippen LogP contribution in [-0.2, 0) is 0 Å². The number of hydrogen-bond donors (Lipinski definition) is 2. The highest BCUT2D eigenvalue weighted by Gasteiger charge is 2.08.